The van der Waals surface area contributed by atoms with Gasteiger partial charge in [-0.3, -0.25) is 4.79 Å². The average Bonchev–Trinajstić information content (AvgIpc) is 2.29. The van der Waals surface area contributed by atoms with Crippen molar-refractivity contribution >= 4 is 21.9 Å². The standard InChI is InChI=1S/C12H14BrFO4/c1-12(2,11(16)17)5-6-9(13)7(14)4-8(18-3)10(6)15/h4,15H,5H2,1-3H3,(H,16,17). The molecule has 0 aliphatic rings. The lowest BCUT2D eigenvalue weighted by Crippen LogP contribution is -2.26. The minimum absolute atomic E-state index is 0.0214. The number of halogens is 2. The molecule has 0 heterocycles. The number of methoxy groups -OCH3 is 1. The Kier molecular flexibility index (Phi) is 4.21. The molecule has 2 N–H and O–H groups in total. The van der Waals surface area contributed by atoms with E-state index in [9.17, 15) is 14.3 Å². The maximum absolute atomic E-state index is 13.6. The molecule has 0 aromatic heterocycles. The fourth-order valence-electron chi connectivity index (χ4n) is 1.48. The van der Waals surface area contributed by atoms with Crippen molar-refractivity contribution in [2.45, 2.75) is 20.3 Å². The molecule has 1 aromatic carbocycles. The molecular weight excluding hydrogens is 307 g/mol. The van der Waals surface area contributed by atoms with Gasteiger partial charge in [0.25, 0.3) is 0 Å². The van der Waals surface area contributed by atoms with Crippen molar-refractivity contribution in [3.05, 3.63) is 21.9 Å². The molecule has 0 saturated heterocycles. The van der Waals surface area contributed by atoms with E-state index < -0.39 is 17.2 Å². The van der Waals surface area contributed by atoms with Gasteiger partial charge in [-0.1, -0.05) is 0 Å². The topological polar surface area (TPSA) is 66.8 Å². The lowest BCUT2D eigenvalue weighted by molar-refractivity contribution is -0.146. The number of benzene rings is 1. The molecular formula is C12H14BrFO4. The van der Waals surface area contributed by atoms with Crippen LogP contribution >= 0.6 is 15.9 Å². The first kappa shape index (κ1) is 14.8. The van der Waals surface area contributed by atoms with Gasteiger partial charge in [-0.05, 0) is 36.2 Å². The van der Waals surface area contributed by atoms with Crippen LogP contribution in [0.4, 0.5) is 4.39 Å². The Bertz CT molecular complexity index is 485. The molecule has 0 atom stereocenters. The van der Waals surface area contributed by atoms with Crippen molar-refractivity contribution < 1.29 is 24.1 Å². The molecule has 0 fully saturated rings. The van der Waals surface area contributed by atoms with E-state index in [0.717, 1.165) is 6.07 Å². The zero-order valence-corrected chi connectivity index (χ0v) is 11.8. The number of hydrogen-bond acceptors (Lipinski definition) is 3. The third kappa shape index (κ3) is 2.75. The number of phenols is 1. The SMILES string of the molecule is COc1cc(F)c(Br)c(CC(C)(C)C(=O)O)c1O. The van der Waals surface area contributed by atoms with Crippen LogP contribution in [0.1, 0.15) is 19.4 Å². The van der Waals surface area contributed by atoms with Gasteiger partial charge in [0.05, 0.1) is 17.0 Å². The molecule has 1 aromatic rings. The van der Waals surface area contributed by atoms with Crippen molar-refractivity contribution in [3.63, 3.8) is 0 Å². The second-order valence-electron chi connectivity index (χ2n) is 4.57. The van der Waals surface area contributed by atoms with Crippen LogP contribution in [0.2, 0.25) is 0 Å². The molecule has 0 bridgehead atoms. The van der Waals surface area contributed by atoms with Crippen molar-refractivity contribution in [1.82, 2.24) is 0 Å². The van der Waals surface area contributed by atoms with Gasteiger partial charge in [0, 0.05) is 11.6 Å². The predicted molar refractivity (Wildman–Crippen MR) is 67.4 cm³/mol. The first-order chi connectivity index (χ1) is 8.20. The van der Waals surface area contributed by atoms with E-state index in [2.05, 4.69) is 15.9 Å². The van der Waals surface area contributed by atoms with E-state index in [1.54, 1.807) is 0 Å². The quantitative estimate of drug-likeness (QED) is 0.895. The number of aliphatic carboxylic acids is 1. The molecule has 0 saturated carbocycles. The van der Waals surface area contributed by atoms with Crippen LogP contribution in [0.3, 0.4) is 0 Å². The highest BCUT2D eigenvalue weighted by Gasteiger charge is 2.31. The zero-order chi connectivity index (χ0) is 14.1. The van der Waals surface area contributed by atoms with Crippen molar-refractivity contribution in [2.24, 2.45) is 5.41 Å². The van der Waals surface area contributed by atoms with Gasteiger partial charge in [0.1, 0.15) is 5.82 Å². The van der Waals surface area contributed by atoms with E-state index in [4.69, 9.17) is 9.84 Å². The molecule has 18 heavy (non-hydrogen) atoms. The lowest BCUT2D eigenvalue weighted by atomic mass is 9.85. The Hall–Kier alpha value is -1.30. The summed E-state index contributed by atoms with van der Waals surface area (Å²) in [4.78, 5) is 11.1. The molecule has 0 spiro atoms. The van der Waals surface area contributed by atoms with Crippen molar-refractivity contribution in [2.75, 3.05) is 7.11 Å². The summed E-state index contributed by atoms with van der Waals surface area (Å²) in [5.41, 5.74) is -0.946. The highest BCUT2D eigenvalue weighted by Crippen LogP contribution is 2.40. The minimum Gasteiger partial charge on any atom is -0.504 e. The van der Waals surface area contributed by atoms with Gasteiger partial charge >= 0.3 is 5.97 Å². The maximum atomic E-state index is 13.6. The van der Waals surface area contributed by atoms with Gasteiger partial charge < -0.3 is 14.9 Å². The summed E-state index contributed by atoms with van der Waals surface area (Å²) in [5.74, 6) is -1.91. The van der Waals surface area contributed by atoms with E-state index in [1.165, 1.54) is 21.0 Å². The van der Waals surface area contributed by atoms with E-state index in [-0.39, 0.29) is 28.0 Å². The summed E-state index contributed by atoms with van der Waals surface area (Å²) >= 11 is 3.01. The maximum Gasteiger partial charge on any atom is 0.309 e. The summed E-state index contributed by atoms with van der Waals surface area (Å²) in [6, 6.07) is 1.04. The molecule has 0 radical (unpaired) electrons. The van der Waals surface area contributed by atoms with Crippen LogP contribution in [0.5, 0.6) is 11.5 Å². The fourth-order valence-corrected chi connectivity index (χ4v) is 1.92. The molecule has 0 unspecified atom stereocenters. The van der Waals surface area contributed by atoms with Crippen molar-refractivity contribution in [1.29, 1.82) is 0 Å². The number of hydrogen-bond donors (Lipinski definition) is 2. The molecule has 100 valence electrons. The average molecular weight is 321 g/mol. The van der Waals surface area contributed by atoms with Crippen molar-refractivity contribution in [3.8, 4) is 11.5 Å². The molecule has 0 amide bonds. The summed E-state index contributed by atoms with van der Waals surface area (Å²) in [6.45, 7) is 3.00. The first-order valence-corrected chi connectivity index (χ1v) is 5.97. The number of carboxylic acid groups (broad SMARTS) is 1. The van der Waals surface area contributed by atoms with Crippen LogP contribution < -0.4 is 4.74 Å². The Labute approximate surface area is 113 Å². The molecule has 6 heteroatoms. The second-order valence-corrected chi connectivity index (χ2v) is 5.36. The van der Waals surface area contributed by atoms with Crippen LogP contribution in [0.25, 0.3) is 0 Å². The summed E-state index contributed by atoms with van der Waals surface area (Å²) in [5, 5.41) is 19.0. The molecule has 4 nitrogen and oxygen atoms in total. The smallest absolute Gasteiger partial charge is 0.309 e. The largest absolute Gasteiger partial charge is 0.504 e. The Morgan fingerprint density at radius 1 is 1.56 bits per heavy atom. The number of ether oxygens (including phenoxy) is 1. The Morgan fingerprint density at radius 2 is 2.11 bits per heavy atom. The second kappa shape index (κ2) is 5.14. The summed E-state index contributed by atoms with van der Waals surface area (Å²) in [7, 11) is 1.30. The third-order valence-electron chi connectivity index (χ3n) is 2.67. The Balaban J connectivity index is 3.32. The summed E-state index contributed by atoms with van der Waals surface area (Å²) < 4.78 is 18.5. The first-order valence-electron chi connectivity index (χ1n) is 5.18. The number of phenolic OH excluding ortho intramolecular Hbond substituents is 1. The Morgan fingerprint density at radius 3 is 2.56 bits per heavy atom. The van der Waals surface area contributed by atoms with Gasteiger partial charge in [0.2, 0.25) is 0 Å². The van der Waals surface area contributed by atoms with E-state index >= 15 is 0 Å². The lowest BCUT2D eigenvalue weighted by Gasteiger charge is -2.21. The van der Waals surface area contributed by atoms with Crippen LogP contribution in [0.15, 0.2) is 10.5 Å². The van der Waals surface area contributed by atoms with Gasteiger partial charge in [-0.25, -0.2) is 4.39 Å². The molecule has 0 aliphatic carbocycles. The van der Waals surface area contributed by atoms with Crippen LogP contribution in [0, 0.1) is 11.2 Å². The highest BCUT2D eigenvalue weighted by atomic mass is 79.9. The monoisotopic (exact) mass is 320 g/mol. The number of carboxylic acids is 1. The molecule has 0 aliphatic heterocycles. The van der Waals surface area contributed by atoms with Gasteiger partial charge in [0.15, 0.2) is 11.5 Å². The summed E-state index contributed by atoms with van der Waals surface area (Å²) in [6.07, 6.45) is -0.0249. The zero-order valence-electron chi connectivity index (χ0n) is 10.3. The van der Waals surface area contributed by atoms with Gasteiger partial charge in [-0.15, -0.1) is 0 Å². The predicted octanol–water partition coefficient (Wildman–Crippen LogP) is 2.96. The van der Waals surface area contributed by atoms with Gasteiger partial charge in [-0.2, -0.15) is 0 Å². The highest BCUT2D eigenvalue weighted by molar-refractivity contribution is 9.10. The normalized spacial score (nSPS) is 11.4. The number of rotatable bonds is 4. The third-order valence-corrected chi connectivity index (χ3v) is 3.53. The van der Waals surface area contributed by atoms with E-state index in [1.807, 2.05) is 0 Å². The van der Waals surface area contributed by atoms with Crippen LogP contribution in [-0.4, -0.2) is 23.3 Å². The number of carbonyl (C=O) groups is 1. The van der Waals surface area contributed by atoms with E-state index in [0.29, 0.717) is 0 Å². The number of aromatic hydroxyl groups is 1. The van der Waals surface area contributed by atoms with Crippen LogP contribution in [-0.2, 0) is 11.2 Å². The minimum atomic E-state index is -1.13. The molecule has 1 rings (SSSR count). The fraction of sp³-hybridized carbons (Fsp3) is 0.417.